The van der Waals surface area contributed by atoms with Crippen molar-refractivity contribution in [1.29, 1.82) is 0 Å². The van der Waals surface area contributed by atoms with E-state index < -0.39 is 17.4 Å². The first-order valence-electron chi connectivity index (χ1n) is 15.8. The number of hydrogen-bond acceptors (Lipinski definition) is 5. The molecule has 2 N–H and O–H groups in total. The third kappa shape index (κ3) is 6.75. The summed E-state index contributed by atoms with van der Waals surface area (Å²) in [7, 11) is 4.09. The van der Waals surface area contributed by atoms with E-state index in [1.807, 2.05) is 63.5 Å². The van der Waals surface area contributed by atoms with E-state index in [1.165, 1.54) is 6.42 Å². The molecule has 7 rings (SSSR count). The standard InChI is InChI=1S/C36H42ClN3O4.2ClH/c1-21-7-5-6-8-28(21)29-10-12-31(34(41)39-36(35(42)43)26-16-23-15-24(18-26)19-27(36)17-23)38-33(29)25-9-11-30(37)32(20-25)44-14-13-22(2)40(3)4;;/h5-12,20,22-24,26-27H,13-19H2,1-4H3,(H,39,41)(H,42,43);2*1H. The summed E-state index contributed by atoms with van der Waals surface area (Å²) < 4.78 is 6.13. The molecule has 7 nitrogen and oxygen atoms in total. The van der Waals surface area contributed by atoms with Crippen molar-refractivity contribution >= 4 is 48.3 Å². The zero-order chi connectivity index (χ0) is 31.2. The van der Waals surface area contributed by atoms with Gasteiger partial charge in [-0.05, 0) is 126 Å². The minimum Gasteiger partial charge on any atom is -0.492 e. The molecule has 4 fully saturated rings. The highest BCUT2D eigenvalue weighted by Crippen LogP contribution is 2.58. The van der Waals surface area contributed by atoms with Gasteiger partial charge in [0.1, 0.15) is 17.0 Å². The lowest BCUT2D eigenvalue weighted by molar-refractivity contribution is -0.163. The van der Waals surface area contributed by atoms with E-state index in [0.717, 1.165) is 54.4 Å². The van der Waals surface area contributed by atoms with Gasteiger partial charge in [0.25, 0.3) is 5.91 Å². The molecule has 0 radical (unpaired) electrons. The topological polar surface area (TPSA) is 91.8 Å². The highest BCUT2D eigenvalue weighted by Gasteiger charge is 2.62. The Morgan fingerprint density at radius 2 is 1.65 bits per heavy atom. The third-order valence-electron chi connectivity index (χ3n) is 10.5. The molecule has 46 heavy (non-hydrogen) atoms. The number of halogens is 3. The Morgan fingerprint density at radius 3 is 2.26 bits per heavy atom. The van der Waals surface area contributed by atoms with E-state index in [1.54, 1.807) is 12.1 Å². The van der Waals surface area contributed by atoms with Gasteiger partial charge >= 0.3 is 5.97 Å². The summed E-state index contributed by atoms with van der Waals surface area (Å²) in [5.74, 6) is 0.259. The van der Waals surface area contributed by atoms with Crippen molar-refractivity contribution in [2.24, 2.45) is 23.7 Å². The van der Waals surface area contributed by atoms with Crippen molar-refractivity contribution in [3.63, 3.8) is 0 Å². The molecule has 0 aliphatic heterocycles. The van der Waals surface area contributed by atoms with E-state index in [0.29, 0.717) is 41.0 Å². The predicted molar refractivity (Wildman–Crippen MR) is 187 cm³/mol. The first-order valence-corrected chi connectivity index (χ1v) is 16.2. The average Bonchev–Trinajstić information content (AvgIpc) is 2.99. The number of carbonyl (C=O) groups excluding carboxylic acids is 1. The van der Waals surface area contributed by atoms with Crippen LogP contribution in [0.25, 0.3) is 22.4 Å². The van der Waals surface area contributed by atoms with Gasteiger partial charge in [-0.1, -0.05) is 41.9 Å². The van der Waals surface area contributed by atoms with E-state index in [9.17, 15) is 14.7 Å². The number of aliphatic carboxylic acids is 1. The summed E-state index contributed by atoms with van der Waals surface area (Å²) in [5.41, 5.74) is 3.29. The van der Waals surface area contributed by atoms with Gasteiger partial charge < -0.3 is 20.1 Å². The van der Waals surface area contributed by atoms with Crippen LogP contribution in [-0.2, 0) is 4.79 Å². The van der Waals surface area contributed by atoms with Crippen LogP contribution < -0.4 is 10.1 Å². The fourth-order valence-electron chi connectivity index (χ4n) is 8.04. The minimum absolute atomic E-state index is 0. The third-order valence-corrected chi connectivity index (χ3v) is 10.9. The molecule has 3 aromatic rings. The average molecular weight is 689 g/mol. The SMILES string of the molecule is Cc1ccccc1-c1ccc(C(=O)NC2(C(=O)O)C3CC4CC(C3)CC2C4)nc1-c1ccc(Cl)c(OCCC(C)N(C)C)c1.Cl.Cl. The Labute approximate surface area is 289 Å². The normalized spacial score (nSPS) is 24.9. The second kappa shape index (κ2) is 14.5. The molecule has 0 saturated heterocycles. The van der Waals surface area contributed by atoms with Crippen LogP contribution in [0.3, 0.4) is 0 Å². The van der Waals surface area contributed by atoms with Crippen LogP contribution in [0.15, 0.2) is 54.6 Å². The molecule has 0 spiro atoms. The van der Waals surface area contributed by atoms with Crippen LogP contribution in [0.5, 0.6) is 5.75 Å². The molecule has 4 saturated carbocycles. The van der Waals surface area contributed by atoms with Crippen LogP contribution in [0, 0.1) is 30.6 Å². The summed E-state index contributed by atoms with van der Waals surface area (Å²) >= 11 is 6.56. The molecular weight excluding hydrogens is 645 g/mol. The number of ether oxygens (including phenoxy) is 1. The maximum absolute atomic E-state index is 13.9. The van der Waals surface area contributed by atoms with E-state index >= 15 is 0 Å². The van der Waals surface area contributed by atoms with Crippen molar-refractivity contribution in [2.75, 3.05) is 20.7 Å². The lowest BCUT2D eigenvalue weighted by atomic mass is 9.48. The highest BCUT2D eigenvalue weighted by molar-refractivity contribution is 6.32. The zero-order valence-corrected chi connectivity index (χ0v) is 29.2. The second-order valence-electron chi connectivity index (χ2n) is 13.4. The number of carboxylic acid groups (broad SMARTS) is 1. The zero-order valence-electron chi connectivity index (χ0n) is 26.8. The first-order chi connectivity index (χ1) is 21.1. The van der Waals surface area contributed by atoms with Crippen molar-refractivity contribution < 1.29 is 19.4 Å². The van der Waals surface area contributed by atoms with Gasteiger partial charge in [-0.2, -0.15) is 0 Å². The molecule has 1 atom stereocenters. The molecule has 1 heterocycles. The van der Waals surface area contributed by atoms with Gasteiger partial charge in [0.2, 0.25) is 0 Å². The first kappa shape index (κ1) is 36.0. The van der Waals surface area contributed by atoms with Gasteiger partial charge in [-0.15, -0.1) is 24.8 Å². The predicted octanol–water partition coefficient (Wildman–Crippen LogP) is 7.95. The molecule has 1 aromatic heterocycles. The van der Waals surface area contributed by atoms with Gasteiger partial charge in [0, 0.05) is 17.2 Å². The number of benzene rings is 2. The molecule has 248 valence electrons. The molecule has 4 bridgehead atoms. The van der Waals surface area contributed by atoms with Gasteiger partial charge in [0.05, 0.1) is 17.3 Å². The number of carboxylic acids is 1. The maximum Gasteiger partial charge on any atom is 0.330 e. The number of pyridine rings is 1. The summed E-state index contributed by atoms with van der Waals surface area (Å²) in [6, 6.07) is 17.6. The monoisotopic (exact) mass is 687 g/mol. The van der Waals surface area contributed by atoms with Gasteiger partial charge in [0.15, 0.2) is 0 Å². The second-order valence-corrected chi connectivity index (χ2v) is 13.8. The molecule has 2 aromatic carbocycles. The number of nitrogens with one attached hydrogen (secondary N) is 1. The molecule has 4 aliphatic carbocycles. The quantitative estimate of drug-likeness (QED) is 0.225. The molecular formula is C36H44Cl3N3O4. The lowest BCUT2D eigenvalue weighted by Crippen LogP contribution is -2.70. The highest BCUT2D eigenvalue weighted by atomic mass is 35.5. The van der Waals surface area contributed by atoms with E-state index in [2.05, 4.69) is 17.1 Å². The summed E-state index contributed by atoms with van der Waals surface area (Å²) in [6.45, 7) is 4.70. The van der Waals surface area contributed by atoms with E-state index in [4.69, 9.17) is 21.3 Å². The molecule has 1 amide bonds. The molecule has 1 unspecified atom stereocenters. The summed E-state index contributed by atoms with van der Waals surface area (Å²) in [5, 5.41) is 14.1. The smallest absolute Gasteiger partial charge is 0.330 e. The number of carbonyl (C=O) groups is 2. The number of aromatic nitrogens is 1. The Bertz CT molecular complexity index is 1550. The Hall–Kier alpha value is -2.84. The maximum atomic E-state index is 13.9. The fourth-order valence-corrected chi connectivity index (χ4v) is 8.22. The number of hydrogen-bond donors (Lipinski definition) is 2. The minimum atomic E-state index is -1.24. The van der Waals surface area contributed by atoms with Crippen LogP contribution in [-0.4, -0.2) is 59.1 Å². The van der Waals surface area contributed by atoms with Crippen LogP contribution in [0.4, 0.5) is 0 Å². The Kier molecular flexibility index (Phi) is 11.4. The van der Waals surface area contributed by atoms with Crippen molar-refractivity contribution in [2.45, 2.75) is 64.0 Å². The molecule has 10 heteroatoms. The Balaban J connectivity index is 0.00000240. The van der Waals surface area contributed by atoms with Gasteiger partial charge in [-0.3, -0.25) is 4.79 Å². The van der Waals surface area contributed by atoms with Crippen molar-refractivity contribution in [3.05, 3.63) is 70.9 Å². The van der Waals surface area contributed by atoms with E-state index in [-0.39, 0.29) is 42.3 Å². The van der Waals surface area contributed by atoms with Crippen LogP contribution >= 0.6 is 36.4 Å². The van der Waals surface area contributed by atoms with Crippen molar-refractivity contribution in [1.82, 2.24) is 15.2 Å². The fraction of sp³-hybridized carbons (Fsp3) is 0.472. The summed E-state index contributed by atoms with van der Waals surface area (Å²) in [6.07, 6.45) is 5.50. The largest absolute Gasteiger partial charge is 0.492 e. The van der Waals surface area contributed by atoms with Gasteiger partial charge in [-0.25, -0.2) is 9.78 Å². The van der Waals surface area contributed by atoms with Crippen LogP contribution in [0.2, 0.25) is 5.02 Å². The lowest BCUT2D eigenvalue weighted by Gasteiger charge is -2.59. The number of rotatable bonds is 10. The van der Waals surface area contributed by atoms with Crippen LogP contribution in [0.1, 0.15) is 61.5 Å². The van der Waals surface area contributed by atoms with Crippen molar-refractivity contribution in [3.8, 4) is 28.1 Å². The molecule has 4 aliphatic rings. The number of amides is 1. The number of nitrogens with zero attached hydrogens (tertiary/aromatic N) is 2. The summed E-state index contributed by atoms with van der Waals surface area (Å²) in [4.78, 5) is 33.9. The number of aryl methyl sites for hydroxylation is 1. The Morgan fingerprint density at radius 1 is 1.00 bits per heavy atom.